The molecule has 1 aromatic heterocycles. The van der Waals surface area contributed by atoms with Crippen LogP contribution in [0.1, 0.15) is 27.0 Å². The molecule has 226 valence electrons. The molecule has 0 unspecified atom stereocenters. The van der Waals surface area contributed by atoms with E-state index in [1.807, 2.05) is 13.0 Å². The summed E-state index contributed by atoms with van der Waals surface area (Å²) < 4.78 is 32.6. The number of carbonyl (C=O) groups is 1. The first-order chi connectivity index (χ1) is 21.5. The second-order valence-corrected chi connectivity index (χ2v) is 11.3. The number of para-hydroxylation sites is 1. The van der Waals surface area contributed by atoms with Crippen LogP contribution in [0.15, 0.2) is 66.4 Å². The summed E-state index contributed by atoms with van der Waals surface area (Å²) in [5.74, 6) is 0.321. The quantitative estimate of drug-likeness (QED) is 0.292. The lowest BCUT2D eigenvalue weighted by molar-refractivity contribution is 0.103. The summed E-state index contributed by atoms with van der Waals surface area (Å²) in [7, 11) is 0. The van der Waals surface area contributed by atoms with Crippen molar-refractivity contribution in [3.63, 3.8) is 0 Å². The van der Waals surface area contributed by atoms with Crippen molar-refractivity contribution in [2.45, 2.75) is 13.3 Å². The lowest BCUT2D eigenvalue weighted by atomic mass is 10.0. The number of rotatable bonds is 7. The van der Waals surface area contributed by atoms with Gasteiger partial charge in [0.2, 0.25) is 0 Å². The summed E-state index contributed by atoms with van der Waals surface area (Å²) in [5, 5.41) is 4.47. The number of hydrogen-bond donors (Lipinski definition) is 1. The number of hydrogen-bond acceptors (Lipinski definition) is 8. The van der Waals surface area contributed by atoms with Crippen molar-refractivity contribution in [2.75, 3.05) is 68.1 Å². The third-order valence-electron chi connectivity index (χ3n) is 8.45. The molecule has 2 N–H and O–H groups in total. The first-order valence-corrected chi connectivity index (χ1v) is 14.9. The van der Waals surface area contributed by atoms with Crippen LogP contribution in [0.2, 0.25) is 0 Å². The number of halogens is 1. The molecule has 2 saturated heterocycles. The Bertz CT molecular complexity index is 1750. The number of benzene rings is 3. The van der Waals surface area contributed by atoms with Crippen LogP contribution in [0.3, 0.4) is 0 Å². The summed E-state index contributed by atoms with van der Waals surface area (Å²) in [6.45, 7) is 8.01. The smallest absolute Gasteiger partial charge is 0.194 e. The lowest BCUT2D eigenvalue weighted by Crippen LogP contribution is -2.40. The van der Waals surface area contributed by atoms with Gasteiger partial charge in [-0.1, -0.05) is 12.1 Å². The number of carbonyl (C=O) groups excluding carboxylic acids is 1. The molecule has 0 radical (unpaired) electrons. The number of Topliss-reactive ketones (excluding diaryl/α,β-unsaturated/α-hetero) is 1. The van der Waals surface area contributed by atoms with Crippen molar-refractivity contribution < 1.29 is 23.4 Å². The topological polar surface area (TPSA) is 95.1 Å². The number of allylic oxidation sites excluding steroid dienone is 1. The fourth-order valence-electron chi connectivity index (χ4n) is 6.11. The molecule has 0 saturated carbocycles. The van der Waals surface area contributed by atoms with E-state index in [0.29, 0.717) is 55.4 Å². The largest absolute Gasteiger partial charge is 0.454 e. The molecule has 2 fully saturated rings. The minimum atomic E-state index is -0.438. The summed E-state index contributed by atoms with van der Waals surface area (Å²) in [6, 6.07) is 16.0. The molecular formula is C34H34FN5O4. The second kappa shape index (κ2) is 11.8. The highest BCUT2D eigenvalue weighted by molar-refractivity contribution is 6.15. The van der Waals surface area contributed by atoms with E-state index in [0.717, 1.165) is 42.9 Å². The molecule has 1 aliphatic carbocycles. The van der Waals surface area contributed by atoms with Crippen LogP contribution in [0, 0.1) is 12.7 Å². The highest BCUT2D eigenvalue weighted by Gasteiger charge is 2.28. The molecule has 0 amide bonds. The zero-order valence-electron chi connectivity index (χ0n) is 24.6. The van der Waals surface area contributed by atoms with Gasteiger partial charge in [-0.25, -0.2) is 9.07 Å². The van der Waals surface area contributed by atoms with Gasteiger partial charge in [-0.3, -0.25) is 4.79 Å². The van der Waals surface area contributed by atoms with Gasteiger partial charge in [0, 0.05) is 38.2 Å². The van der Waals surface area contributed by atoms with Crippen LogP contribution in [0.5, 0.6) is 11.5 Å². The van der Waals surface area contributed by atoms with E-state index in [2.05, 4.69) is 27.0 Å². The fourth-order valence-corrected chi connectivity index (χ4v) is 6.11. The maximum atomic E-state index is 14.1. The zero-order valence-corrected chi connectivity index (χ0v) is 24.6. The average Bonchev–Trinajstić information content (AvgIpc) is 3.65. The highest BCUT2D eigenvalue weighted by atomic mass is 19.1. The van der Waals surface area contributed by atoms with E-state index < -0.39 is 5.82 Å². The molecule has 2 aliphatic heterocycles. The monoisotopic (exact) mass is 595 g/mol. The van der Waals surface area contributed by atoms with Crippen LogP contribution >= 0.6 is 0 Å². The normalized spacial score (nSPS) is 16.5. The Hall–Kier alpha value is -4.67. The van der Waals surface area contributed by atoms with E-state index in [1.165, 1.54) is 23.6 Å². The van der Waals surface area contributed by atoms with Crippen molar-refractivity contribution in [3.05, 3.63) is 94.4 Å². The zero-order chi connectivity index (χ0) is 30.2. The van der Waals surface area contributed by atoms with Gasteiger partial charge < -0.3 is 29.7 Å². The van der Waals surface area contributed by atoms with Gasteiger partial charge in [0.25, 0.3) is 0 Å². The van der Waals surface area contributed by atoms with E-state index >= 15 is 0 Å². The first kappa shape index (κ1) is 28.1. The van der Waals surface area contributed by atoms with Crippen molar-refractivity contribution >= 4 is 29.1 Å². The molecule has 3 aliphatic rings. The summed E-state index contributed by atoms with van der Waals surface area (Å²) in [4.78, 5) is 18.6. The first-order valence-electron chi connectivity index (χ1n) is 14.9. The fraction of sp³-hybridized carbons (Fsp3) is 0.294. The van der Waals surface area contributed by atoms with E-state index in [-0.39, 0.29) is 17.4 Å². The Balaban J connectivity index is 1.14. The van der Waals surface area contributed by atoms with E-state index in [9.17, 15) is 9.18 Å². The van der Waals surface area contributed by atoms with Crippen molar-refractivity contribution in [3.8, 4) is 17.2 Å². The van der Waals surface area contributed by atoms with Crippen LogP contribution in [0.25, 0.3) is 11.8 Å². The Morgan fingerprint density at radius 1 is 0.909 bits per heavy atom. The molecule has 4 aromatic rings. The van der Waals surface area contributed by atoms with Gasteiger partial charge in [0.15, 0.2) is 17.3 Å². The standard InChI is InChI=1S/C34H34FN5O4/c1-22-16-26(44-32-5-3-2-4-28(32)35)6-7-29(22)40-34(36)27(21-37-40)33(41)25-17-23-19-30(38-8-12-42-13-9-38)31(20-24(23)18-25)39-10-14-43-15-11-39/h2-7,16-17,19-21H,8-15,18,36H2,1H3. The maximum absolute atomic E-state index is 14.1. The second-order valence-electron chi connectivity index (χ2n) is 11.3. The molecule has 0 spiro atoms. The minimum absolute atomic E-state index is 0.136. The van der Waals surface area contributed by atoms with Crippen LogP contribution in [-0.2, 0) is 15.9 Å². The molecule has 3 aromatic carbocycles. The molecule has 0 atom stereocenters. The predicted molar refractivity (Wildman–Crippen MR) is 168 cm³/mol. The average molecular weight is 596 g/mol. The van der Waals surface area contributed by atoms with Crippen LogP contribution < -0.4 is 20.3 Å². The van der Waals surface area contributed by atoms with Gasteiger partial charge >= 0.3 is 0 Å². The number of nitrogens with two attached hydrogens (primary N) is 1. The number of nitrogens with zero attached hydrogens (tertiary/aromatic N) is 4. The Morgan fingerprint density at radius 3 is 2.27 bits per heavy atom. The highest BCUT2D eigenvalue weighted by Crippen LogP contribution is 2.39. The molecule has 10 heteroatoms. The molecule has 3 heterocycles. The lowest BCUT2D eigenvalue weighted by Gasteiger charge is -2.36. The van der Waals surface area contributed by atoms with E-state index in [1.54, 1.807) is 41.1 Å². The summed E-state index contributed by atoms with van der Waals surface area (Å²) in [6.07, 6.45) is 4.05. The maximum Gasteiger partial charge on any atom is 0.194 e. The Morgan fingerprint density at radius 2 is 1.59 bits per heavy atom. The molecule has 0 bridgehead atoms. The van der Waals surface area contributed by atoms with Crippen LogP contribution in [0.4, 0.5) is 21.6 Å². The van der Waals surface area contributed by atoms with Crippen LogP contribution in [-0.4, -0.2) is 68.2 Å². The summed E-state index contributed by atoms with van der Waals surface area (Å²) in [5.41, 5.74) is 13.6. The Labute approximate surface area is 255 Å². The number of nitrogen functional groups attached to an aromatic ring is 1. The van der Waals surface area contributed by atoms with Gasteiger partial charge in [-0.05, 0) is 72.2 Å². The molecule has 9 nitrogen and oxygen atoms in total. The van der Waals surface area contributed by atoms with Crippen molar-refractivity contribution in [1.29, 1.82) is 0 Å². The van der Waals surface area contributed by atoms with Gasteiger partial charge in [-0.2, -0.15) is 5.10 Å². The molecule has 7 rings (SSSR count). The predicted octanol–water partition coefficient (Wildman–Crippen LogP) is 5.19. The van der Waals surface area contributed by atoms with Crippen molar-refractivity contribution in [1.82, 2.24) is 9.78 Å². The Kier molecular flexibility index (Phi) is 7.53. The molecular weight excluding hydrogens is 561 g/mol. The van der Waals surface area contributed by atoms with Gasteiger partial charge in [0.1, 0.15) is 11.6 Å². The van der Waals surface area contributed by atoms with Gasteiger partial charge in [-0.15, -0.1) is 0 Å². The number of anilines is 3. The number of ether oxygens (including phenoxy) is 3. The van der Waals surface area contributed by atoms with Crippen molar-refractivity contribution in [2.24, 2.45) is 0 Å². The number of morpholine rings is 2. The number of aromatic nitrogens is 2. The number of ketones is 1. The molecule has 44 heavy (non-hydrogen) atoms. The number of fused-ring (bicyclic) bond motifs is 1. The van der Waals surface area contributed by atoms with Gasteiger partial charge in [0.05, 0.1) is 55.2 Å². The number of aryl methyl sites for hydroxylation is 1. The van der Waals surface area contributed by atoms with E-state index in [4.69, 9.17) is 19.9 Å². The SMILES string of the molecule is Cc1cc(Oc2ccccc2F)ccc1-n1ncc(C(=O)C2=Cc3cc(N4CCOCC4)c(N4CCOCC4)cc3C2)c1N. The third-order valence-corrected chi connectivity index (χ3v) is 8.45. The summed E-state index contributed by atoms with van der Waals surface area (Å²) >= 11 is 0. The third kappa shape index (κ3) is 5.31. The minimum Gasteiger partial charge on any atom is -0.454 e.